The maximum Gasteiger partial charge on any atom is 0.242 e. The van der Waals surface area contributed by atoms with Crippen LogP contribution in [0.3, 0.4) is 0 Å². The van der Waals surface area contributed by atoms with Crippen LogP contribution in [0.25, 0.3) is 10.9 Å². The van der Waals surface area contributed by atoms with Crippen molar-refractivity contribution < 1.29 is 14.3 Å². The Morgan fingerprint density at radius 2 is 2.08 bits per heavy atom. The molecule has 1 heterocycles. The molecular formula is C18H12ClFN4O2. The molecule has 1 aromatic heterocycles. The van der Waals surface area contributed by atoms with Crippen molar-refractivity contribution in [3.05, 3.63) is 59.0 Å². The van der Waals surface area contributed by atoms with Gasteiger partial charge in [0.1, 0.15) is 23.3 Å². The van der Waals surface area contributed by atoms with E-state index >= 15 is 0 Å². The lowest BCUT2D eigenvalue weighted by Crippen LogP contribution is -2.35. The molecule has 0 fully saturated rings. The topological polar surface area (TPSA) is 89.3 Å². The van der Waals surface area contributed by atoms with Gasteiger partial charge < -0.3 is 5.11 Å². The summed E-state index contributed by atoms with van der Waals surface area (Å²) in [5, 5.41) is 20.7. The number of carbonyl (C=O) groups is 1. The molecule has 0 radical (unpaired) electrons. The Hall–Kier alpha value is -3.37. The van der Waals surface area contributed by atoms with E-state index in [0.29, 0.717) is 16.6 Å². The van der Waals surface area contributed by atoms with Gasteiger partial charge in [0.2, 0.25) is 5.91 Å². The third-order valence-electron chi connectivity index (χ3n) is 3.61. The maximum atomic E-state index is 14.1. The first kappa shape index (κ1) is 17.5. The molecule has 0 bridgehead atoms. The van der Waals surface area contributed by atoms with Crippen molar-refractivity contribution in [2.24, 2.45) is 0 Å². The van der Waals surface area contributed by atoms with Gasteiger partial charge in [-0.25, -0.2) is 14.4 Å². The number of halogens is 2. The molecule has 2 aromatic carbocycles. The third-order valence-corrected chi connectivity index (χ3v) is 3.84. The zero-order valence-electron chi connectivity index (χ0n) is 13.5. The molecule has 6 nitrogen and oxygen atoms in total. The van der Waals surface area contributed by atoms with Crippen molar-refractivity contribution in [2.75, 3.05) is 10.4 Å². The fourth-order valence-electron chi connectivity index (χ4n) is 2.45. The number of phenolic OH excluding ortho intramolecular Hbond substituents is 1. The minimum Gasteiger partial charge on any atom is -0.508 e. The molecule has 130 valence electrons. The van der Waals surface area contributed by atoms with Crippen molar-refractivity contribution in [3.63, 3.8) is 0 Å². The van der Waals surface area contributed by atoms with Gasteiger partial charge >= 0.3 is 0 Å². The lowest BCUT2D eigenvalue weighted by molar-refractivity contribution is -0.116. The Labute approximate surface area is 153 Å². The van der Waals surface area contributed by atoms with Gasteiger partial charge in [-0.3, -0.25) is 10.2 Å². The van der Waals surface area contributed by atoms with Crippen LogP contribution < -0.4 is 10.4 Å². The molecule has 0 saturated heterocycles. The quantitative estimate of drug-likeness (QED) is 0.680. The van der Waals surface area contributed by atoms with E-state index < -0.39 is 11.7 Å². The summed E-state index contributed by atoms with van der Waals surface area (Å²) < 4.78 is 14.1. The first-order valence-corrected chi connectivity index (χ1v) is 7.83. The SMILES string of the molecule is CC(=O)N(Nc1ccc(Cl)cc1F)c1cc(C#N)nc2cc(O)ccc12. The second-order valence-corrected chi connectivity index (χ2v) is 5.87. The van der Waals surface area contributed by atoms with Crippen LogP contribution in [0.15, 0.2) is 42.5 Å². The highest BCUT2D eigenvalue weighted by Gasteiger charge is 2.18. The zero-order valence-corrected chi connectivity index (χ0v) is 14.3. The van der Waals surface area contributed by atoms with E-state index in [1.165, 1.54) is 37.3 Å². The first-order valence-electron chi connectivity index (χ1n) is 7.45. The first-order chi connectivity index (χ1) is 12.4. The third kappa shape index (κ3) is 3.36. The number of nitriles is 1. The van der Waals surface area contributed by atoms with E-state index in [-0.39, 0.29) is 22.2 Å². The fourth-order valence-corrected chi connectivity index (χ4v) is 2.61. The van der Waals surface area contributed by atoms with Gasteiger partial charge in [-0.2, -0.15) is 5.26 Å². The minimum atomic E-state index is -0.639. The molecule has 1 amide bonds. The number of amides is 1. The second-order valence-electron chi connectivity index (χ2n) is 5.43. The number of hydrogen-bond acceptors (Lipinski definition) is 5. The Kier molecular flexibility index (Phi) is 4.61. The van der Waals surface area contributed by atoms with Crippen LogP contribution in [-0.4, -0.2) is 16.0 Å². The summed E-state index contributed by atoms with van der Waals surface area (Å²) in [4.78, 5) is 16.3. The molecule has 8 heteroatoms. The standard InChI is InChI=1S/C18H12ClFN4O2/c1-10(25)24(23-16-5-2-11(19)6-15(16)20)18-7-12(9-21)22-17-8-13(26)3-4-14(17)18/h2-8,23,26H,1H3. The lowest BCUT2D eigenvalue weighted by atomic mass is 10.1. The average Bonchev–Trinajstić information content (AvgIpc) is 2.59. The lowest BCUT2D eigenvalue weighted by Gasteiger charge is -2.24. The Morgan fingerprint density at radius 1 is 1.31 bits per heavy atom. The summed E-state index contributed by atoms with van der Waals surface area (Å²) >= 11 is 5.75. The summed E-state index contributed by atoms with van der Waals surface area (Å²) in [7, 11) is 0. The van der Waals surface area contributed by atoms with Crippen molar-refractivity contribution in [1.29, 1.82) is 5.26 Å². The molecule has 0 spiro atoms. The molecule has 0 aliphatic carbocycles. The van der Waals surface area contributed by atoms with Crippen LogP contribution in [0, 0.1) is 17.1 Å². The molecule has 0 aliphatic rings. The Bertz CT molecular complexity index is 1060. The summed E-state index contributed by atoms with van der Waals surface area (Å²) in [6.45, 7) is 1.29. The largest absolute Gasteiger partial charge is 0.508 e. The van der Waals surface area contributed by atoms with Gasteiger partial charge in [0.15, 0.2) is 0 Å². The average molecular weight is 371 g/mol. The number of carbonyl (C=O) groups excluding carboxylic acids is 1. The molecule has 0 aliphatic heterocycles. The molecule has 26 heavy (non-hydrogen) atoms. The van der Waals surface area contributed by atoms with E-state index in [1.54, 1.807) is 6.07 Å². The van der Waals surface area contributed by atoms with Crippen LogP contribution in [0.1, 0.15) is 12.6 Å². The number of rotatable bonds is 3. The number of pyridine rings is 1. The van der Waals surface area contributed by atoms with Gasteiger partial charge in [-0.05, 0) is 30.3 Å². The van der Waals surface area contributed by atoms with Crippen molar-refractivity contribution >= 4 is 39.8 Å². The zero-order chi connectivity index (χ0) is 18.8. The van der Waals surface area contributed by atoms with Crippen LogP contribution in [0.4, 0.5) is 15.8 Å². The molecule has 2 N–H and O–H groups in total. The number of nitrogens with zero attached hydrogens (tertiary/aromatic N) is 3. The van der Waals surface area contributed by atoms with Crippen molar-refractivity contribution in [1.82, 2.24) is 4.98 Å². The maximum absolute atomic E-state index is 14.1. The summed E-state index contributed by atoms with van der Waals surface area (Å²) in [5.41, 5.74) is 3.40. The molecule has 3 aromatic rings. The fraction of sp³-hybridized carbons (Fsp3) is 0.0556. The molecule has 0 unspecified atom stereocenters. The van der Waals surface area contributed by atoms with E-state index in [1.807, 2.05) is 6.07 Å². The predicted molar refractivity (Wildman–Crippen MR) is 96.3 cm³/mol. The van der Waals surface area contributed by atoms with Crippen molar-refractivity contribution in [3.8, 4) is 11.8 Å². The number of benzene rings is 2. The van der Waals surface area contributed by atoms with Gasteiger partial charge in [-0.15, -0.1) is 0 Å². The molecule has 0 saturated carbocycles. The Morgan fingerprint density at radius 3 is 2.73 bits per heavy atom. The van der Waals surface area contributed by atoms with Gasteiger partial charge in [0.25, 0.3) is 0 Å². The normalized spacial score (nSPS) is 10.4. The van der Waals surface area contributed by atoms with Crippen LogP contribution in [0.5, 0.6) is 5.75 Å². The summed E-state index contributed by atoms with van der Waals surface area (Å²) in [5.74, 6) is -1.11. The van der Waals surface area contributed by atoms with E-state index in [2.05, 4.69) is 10.4 Å². The van der Waals surface area contributed by atoms with E-state index in [0.717, 1.165) is 11.1 Å². The van der Waals surface area contributed by atoms with E-state index in [4.69, 9.17) is 11.6 Å². The van der Waals surface area contributed by atoms with Crippen LogP contribution in [0.2, 0.25) is 5.02 Å². The van der Waals surface area contributed by atoms with Crippen LogP contribution >= 0.6 is 11.6 Å². The highest BCUT2D eigenvalue weighted by molar-refractivity contribution is 6.30. The number of fused-ring (bicyclic) bond motifs is 1. The highest BCUT2D eigenvalue weighted by atomic mass is 35.5. The smallest absolute Gasteiger partial charge is 0.242 e. The predicted octanol–water partition coefficient (Wildman–Crippen LogP) is 3.98. The number of anilines is 2. The minimum absolute atomic E-state index is 0.0304. The monoisotopic (exact) mass is 370 g/mol. The van der Waals surface area contributed by atoms with Gasteiger partial charge in [0, 0.05) is 29.5 Å². The summed E-state index contributed by atoms with van der Waals surface area (Å²) in [6, 6.07) is 11.7. The van der Waals surface area contributed by atoms with Crippen LogP contribution in [-0.2, 0) is 4.79 Å². The Balaban J connectivity index is 2.16. The molecule has 0 atom stereocenters. The number of hydrazine groups is 1. The molecule has 3 rings (SSSR count). The van der Waals surface area contributed by atoms with Gasteiger partial charge in [-0.1, -0.05) is 11.6 Å². The number of hydrogen-bond donors (Lipinski definition) is 2. The number of aromatic hydroxyl groups is 1. The van der Waals surface area contributed by atoms with Gasteiger partial charge in [0.05, 0.1) is 16.9 Å². The van der Waals surface area contributed by atoms with E-state index in [9.17, 15) is 19.6 Å². The number of aromatic nitrogens is 1. The number of nitrogens with one attached hydrogen (secondary N) is 1. The second kappa shape index (κ2) is 6.86. The summed E-state index contributed by atoms with van der Waals surface area (Å²) in [6.07, 6.45) is 0. The number of phenols is 1. The molecular weight excluding hydrogens is 359 g/mol. The highest BCUT2D eigenvalue weighted by Crippen LogP contribution is 2.30. The van der Waals surface area contributed by atoms with Crippen molar-refractivity contribution in [2.45, 2.75) is 6.92 Å².